The van der Waals surface area contributed by atoms with E-state index >= 15 is 0 Å². The number of hydrogen-bond acceptors (Lipinski definition) is 5. The summed E-state index contributed by atoms with van der Waals surface area (Å²) >= 11 is 1.51. The minimum absolute atomic E-state index is 0.0511. The van der Waals surface area contributed by atoms with Crippen LogP contribution in [-0.4, -0.2) is 28.6 Å². The lowest BCUT2D eigenvalue weighted by Gasteiger charge is -2.07. The van der Waals surface area contributed by atoms with Crippen molar-refractivity contribution in [3.05, 3.63) is 46.4 Å². The van der Waals surface area contributed by atoms with E-state index in [1.165, 1.54) is 11.3 Å². The van der Waals surface area contributed by atoms with Crippen LogP contribution in [0.2, 0.25) is 0 Å². The molecule has 1 aromatic heterocycles. The fourth-order valence-corrected chi connectivity index (χ4v) is 2.37. The summed E-state index contributed by atoms with van der Waals surface area (Å²) in [7, 11) is 0. The third kappa shape index (κ3) is 5.53. The minimum Gasteiger partial charge on any atom is -0.482 e. The number of carboxylic acid groups (broad SMARTS) is 1. The molecule has 7 heteroatoms. The summed E-state index contributed by atoms with van der Waals surface area (Å²) in [6.07, 6.45) is 1.01. The van der Waals surface area contributed by atoms with Gasteiger partial charge in [-0.05, 0) is 24.1 Å². The molecule has 116 valence electrons. The van der Waals surface area contributed by atoms with Crippen LogP contribution in [0.5, 0.6) is 5.75 Å². The van der Waals surface area contributed by atoms with Crippen molar-refractivity contribution in [2.45, 2.75) is 19.4 Å². The molecule has 0 saturated heterocycles. The Kier molecular flexibility index (Phi) is 5.91. The number of thiazole rings is 1. The van der Waals surface area contributed by atoms with E-state index in [2.05, 4.69) is 10.3 Å². The van der Waals surface area contributed by atoms with Crippen LogP contribution in [0, 0.1) is 0 Å². The van der Waals surface area contributed by atoms with Gasteiger partial charge in [0.2, 0.25) is 5.91 Å². The number of aliphatic carboxylic acids is 1. The zero-order valence-electron chi connectivity index (χ0n) is 11.8. The molecule has 2 aromatic rings. The summed E-state index contributed by atoms with van der Waals surface area (Å²) in [5.74, 6) is -0.609. The summed E-state index contributed by atoms with van der Waals surface area (Å²) in [4.78, 5) is 26.3. The Morgan fingerprint density at radius 2 is 2.23 bits per heavy atom. The van der Waals surface area contributed by atoms with Crippen LogP contribution in [0.15, 0.2) is 35.2 Å². The fraction of sp³-hybridized carbons (Fsp3) is 0.267. The molecule has 1 heterocycles. The van der Waals surface area contributed by atoms with Gasteiger partial charge in [-0.3, -0.25) is 4.79 Å². The van der Waals surface area contributed by atoms with E-state index in [1.54, 1.807) is 23.7 Å². The Morgan fingerprint density at radius 1 is 1.36 bits per heavy atom. The van der Waals surface area contributed by atoms with E-state index in [1.807, 2.05) is 11.4 Å². The van der Waals surface area contributed by atoms with Crippen molar-refractivity contribution >= 4 is 23.2 Å². The van der Waals surface area contributed by atoms with Crippen LogP contribution in [0.3, 0.4) is 0 Å². The molecule has 0 aliphatic heterocycles. The van der Waals surface area contributed by atoms with Gasteiger partial charge in [0.15, 0.2) is 6.61 Å². The quantitative estimate of drug-likeness (QED) is 0.775. The largest absolute Gasteiger partial charge is 0.482 e. The number of aromatic nitrogens is 1. The molecular formula is C15H16N2O4S. The number of rotatable bonds is 8. The predicted molar refractivity (Wildman–Crippen MR) is 81.9 cm³/mol. The predicted octanol–water partition coefficient (Wildman–Crippen LogP) is 1.86. The highest BCUT2D eigenvalue weighted by Gasteiger charge is 2.05. The van der Waals surface area contributed by atoms with E-state index < -0.39 is 5.97 Å². The topological polar surface area (TPSA) is 88.5 Å². The summed E-state index contributed by atoms with van der Waals surface area (Å²) in [6, 6.07) is 6.99. The molecule has 0 unspecified atom stereocenters. The third-order valence-electron chi connectivity index (χ3n) is 2.84. The highest BCUT2D eigenvalue weighted by molar-refractivity contribution is 7.07. The molecule has 2 rings (SSSR count). The van der Waals surface area contributed by atoms with E-state index in [0.29, 0.717) is 25.1 Å². The van der Waals surface area contributed by atoms with Crippen molar-refractivity contribution in [1.82, 2.24) is 10.3 Å². The Hall–Kier alpha value is -2.41. The lowest BCUT2D eigenvalue weighted by atomic mass is 10.2. The lowest BCUT2D eigenvalue weighted by Crippen LogP contribution is -2.23. The fourth-order valence-electron chi connectivity index (χ4n) is 1.78. The number of ether oxygens (including phenoxy) is 1. The van der Waals surface area contributed by atoms with E-state index in [-0.39, 0.29) is 12.5 Å². The first kappa shape index (κ1) is 16.0. The number of nitrogens with one attached hydrogen (secondary N) is 1. The van der Waals surface area contributed by atoms with Crippen LogP contribution in [0.1, 0.15) is 17.7 Å². The normalized spacial score (nSPS) is 10.2. The second-order valence-corrected chi connectivity index (χ2v) is 5.31. The lowest BCUT2D eigenvalue weighted by molar-refractivity contribution is -0.139. The monoisotopic (exact) mass is 320 g/mol. The standard InChI is InChI=1S/C15H16N2O4S/c18-14(5-4-12-9-22-10-17-12)16-7-11-2-1-3-13(6-11)21-8-15(19)20/h1-3,6,9-10H,4-5,7-8H2,(H,16,18)(H,19,20). The highest BCUT2D eigenvalue weighted by Crippen LogP contribution is 2.13. The maximum absolute atomic E-state index is 11.8. The first-order valence-electron chi connectivity index (χ1n) is 6.71. The first-order valence-corrected chi connectivity index (χ1v) is 7.65. The molecule has 22 heavy (non-hydrogen) atoms. The van der Waals surface area contributed by atoms with E-state index in [4.69, 9.17) is 9.84 Å². The van der Waals surface area contributed by atoms with Crippen molar-refractivity contribution in [3.63, 3.8) is 0 Å². The third-order valence-corrected chi connectivity index (χ3v) is 3.48. The van der Waals surface area contributed by atoms with E-state index in [0.717, 1.165) is 11.3 Å². The zero-order valence-corrected chi connectivity index (χ0v) is 12.6. The molecule has 0 fully saturated rings. The van der Waals surface area contributed by atoms with Crippen LogP contribution in [0.25, 0.3) is 0 Å². The second-order valence-electron chi connectivity index (χ2n) is 4.59. The number of benzene rings is 1. The van der Waals surface area contributed by atoms with Gasteiger partial charge in [0.1, 0.15) is 5.75 Å². The number of amides is 1. The summed E-state index contributed by atoms with van der Waals surface area (Å²) in [5.41, 5.74) is 3.52. The summed E-state index contributed by atoms with van der Waals surface area (Å²) in [6.45, 7) is -0.0103. The van der Waals surface area contributed by atoms with Gasteiger partial charge in [-0.25, -0.2) is 9.78 Å². The van der Waals surface area contributed by atoms with Gasteiger partial charge in [-0.15, -0.1) is 11.3 Å². The maximum atomic E-state index is 11.8. The van der Waals surface area contributed by atoms with Gasteiger partial charge < -0.3 is 15.2 Å². The van der Waals surface area contributed by atoms with Crippen molar-refractivity contribution in [1.29, 1.82) is 0 Å². The molecule has 0 bridgehead atoms. The van der Waals surface area contributed by atoms with Crippen molar-refractivity contribution in [2.24, 2.45) is 0 Å². The molecule has 0 saturated carbocycles. The van der Waals surface area contributed by atoms with Crippen LogP contribution >= 0.6 is 11.3 Å². The number of hydrogen-bond donors (Lipinski definition) is 2. The molecule has 1 aromatic carbocycles. The molecule has 0 atom stereocenters. The maximum Gasteiger partial charge on any atom is 0.341 e. The number of carbonyl (C=O) groups is 2. The molecule has 0 aliphatic rings. The molecule has 0 aliphatic carbocycles. The molecular weight excluding hydrogens is 304 g/mol. The van der Waals surface area contributed by atoms with Crippen LogP contribution in [-0.2, 0) is 22.6 Å². The number of nitrogens with zero attached hydrogens (tertiary/aromatic N) is 1. The Labute approximate surface area is 131 Å². The molecule has 0 radical (unpaired) electrons. The SMILES string of the molecule is O=C(O)COc1cccc(CNC(=O)CCc2cscn2)c1. The average Bonchev–Trinajstić information content (AvgIpc) is 3.03. The van der Waals surface area contributed by atoms with Gasteiger partial charge >= 0.3 is 5.97 Å². The number of carbonyl (C=O) groups excluding carboxylic acids is 1. The summed E-state index contributed by atoms with van der Waals surface area (Å²) in [5, 5.41) is 13.3. The first-order chi connectivity index (χ1) is 10.6. The number of carboxylic acids is 1. The van der Waals surface area contributed by atoms with Gasteiger partial charge in [-0.2, -0.15) is 0 Å². The van der Waals surface area contributed by atoms with E-state index in [9.17, 15) is 9.59 Å². The van der Waals surface area contributed by atoms with Gasteiger partial charge in [0, 0.05) is 18.3 Å². The molecule has 2 N–H and O–H groups in total. The molecule has 0 spiro atoms. The highest BCUT2D eigenvalue weighted by atomic mass is 32.1. The summed E-state index contributed by atoms with van der Waals surface area (Å²) < 4.78 is 5.09. The van der Waals surface area contributed by atoms with Gasteiger partial charge in [0.05, 0.1) is 11.2 Å². The van der Waals surface area contributed by atoms with Crippen LogP contribution < -0.4 is 10.1 Å². The van der Waals surface area contributed by atoms with Crippen molar-refractivity contribution < 1.29 is 19.4 Å². The van der Waals surface area contributed by atoms with Crippen molar-refractivity contribution in [2.75, 3.05) is 6.61 Å². The minimum atomic E-state index is -1.03. The second kappa shape index (κ2) is 8.14. The van der Waals surface area contributed by atoms with Gasteiger partial charge in [-0.1, -0.05) is 12.1 Å². The Bertz CT molecular complexity index is 628. The Morgan fingerprint density at radius 3 is 2.95 bits per heavy atom. The molecule has 1 amide bonds. The van der Waals surface area contributed by atoms with Gasteiger partial charge in [0.25, 0.3) is 0 Å². The van der Waals surface area contributed by atoms with Crippen molar-refractivity contribution in [3.8, 4) is 5.75 Å². The smallest absolute Gasteiger partial charge is 0.341 e. The molecule has 6 nitrogen and oxygen atoms in total. The number of aryl methyl sites for hydroxylation is 1. The average molecular weight is 320 g/mol. The Balaban J connectivity index is 1.76. The van der Waals surface area contributed by atoms with Crippen LogP contribution in [0.4, 0.5) is 0 Å². The zero-order chi connectivity index (χ0) is 15.8.